The van der Waals surface area contributed by atoms with Crippen molar-refractivity contribution < 1.29 is 85.7 Å². The number of halogens is 3. The number of ketones is 6. The zero-order chi connectivity index (χ0) is 67.0. The lowest BCUT2D eigenvalue weighted by molar-refractivity contribution is -0.141. The fourth-order valence-electron chi connectivity index (χ4n) is 11.5. The highest BCUT2D eigenvalue weighted by molar-refractivity contribution is 5.99. The molecule has 0 spiro atoms. The highest BCUT2D eigenvalue weighted by Gasteiger charge is 2.51. The van der Waals surface area contributed by atoms with Crippen molar-refractivity contribution in [3.05, 3.63) is 131 Å². The third-order valence-electron chi connectivity index (χ3n) is 16.6. The van der Waals surface area contributed by atoms with Crippen molar-refractivity contribution in [1.82, 2.24) is 15.1 Å². The molecule has 4 N–H and O–H groups in total. The molecule has 4 aliphatic rings. The minimum Gasteiger partial charge on any atom is -0.497 e. The number of ether oxygens (including phenoxy) is 6. The molecule has 0 radical (unpaired) electrons. The Balaban J connectivity index is 0.000000329. The van der Waals surface area contributed by atoms with Crippen molar-refractivity contribution in [2.75, 3.05) is 66.7 Å². The number of epoxide rings is 2. The summed E-state index contributed by atoms with van der Waals surface area (Å²) in [5.74, 6) is -2.70. The Morgan fingerprint density at radius 3 is 1.36 bits per heavy atom. The van der Waals surface area contributed by atoms with Gasteiger partial charge in [-0.25, -0.2) is 0 Å². The molecular formula is C70H95F3N4O15. The fourth-order valence-corrected chi connectivity index (χ4v) is 11.5. The molecule has 0 saturated carbocycles. The number of methoxy groups -OCH3 is 2. The number of carbonyl (C=O) groups is 8. The molecule has 4 saturated heterocycles. The van der Waals surface area contributed by atoms with Gasteiger partial charge in [0.05, 0.1) is 77.0 Å². The summed E-state index contributed by atoms with van der Waals surface area (Å²) in [5.41, 5.74) is 7.75. The van der Waals surface area contributed by atoms with Crippen LogP contribution in [0.2, 0.25) is 0 Å². The van der Waals surface area contributed by atoms with Crippen LogP contribution in [0.3, 0.4) is 0 Å². The van der Waals surface area contributed by atoms with Crippen LogP contribution in [0, 0.1) is 23.7 Å². The summed E-state index contributed by atoms with van der Waals surface area (Å²) in [6.07, 6.45) is 2.07. The molecule has 0 aliphatic carbocycles. The Morgan fingerprint density at radius 1 is 0.554 bits per heavy atom. The molecule has 22 heteroatoms. The number of hydrogen-bond acceptors (Lipinski definition) is 17. The summed E-state index contributed by atoms with van der Waals surface area (Å²) in [4.78, 5) is 107. The molecule has 0 unspecified atom stereocenters. The summed E-state index contributed by atoms with van der Waals surface area (Å²) >= 11 is 0. The summed E-state index contributed by atoms with van der Waals surface area (Å²) in [5, 5.41) is 11.5. The first-order valence-electron chi connectivity index (χ1n) is 31.2. The predicted octanol–water partition coefficient (Wildman–Crippen LogP) is 8.11. The van der Waals surface area contributed by atoms with Gasteiger partial charge in [0.2, 0.25) is 5.91 Å². The summed E-state index contributed by atoms with van der Waals surface area (Å²) < 4.78 is 48.5. The molecular weight excluding hydrogens is 1190 g/mol. The number of nitrogens with zero attached hydrogens (tertiary/aromatic N) is 2. The zero-order valence-electron chi connectivity index (χ0n) is 54.8. The number of carbonyl (C=O) groups excluding carboxylic acids is 7. The number of morpholine rings is 2. The lowest BCUT2D eigenvalue weighted by Crippen LogP contribution is -2.49. The van der Waals surface area contributed by atoms with Crippen LogP contribution in [0.5, 0.6) is 11.5 Å². The van der Waals surface area contributed by atoms with Gasteiger partial charge in [-0.2, -0.15) is 0 Å². The highest BCUT2D eigenvalue weighted by atomic mass is 20.0. The smallest absolute Gasteiger partial charge is 0.317 e. The van der Waals surface area contributed by atoms with E-state index in [1.165, 1.54) is 0 Å². The lowest BCUT2D eigenvalue weighted by atomic mass is 9.80. The van der Waals surface area contributed by atoms with Crippen LogP contribution in [0.25, 0.3) is 0 Å². The van der Waals surface area contributed by atoms with Gasteiger partial charge in [0.25, 0.3) is 0 Å². The molecule has 0 bridgehead atoms. The van der Waals surface area contributed by atoms with E-state index >= 15 is 0 Å². The average Bonchev–Trinajstić information content (AvgIpc) is 1.65. The van der Waals surface area contributed by atoms with Crippen LogP contribution >= 0.6 is 0 Å². The number of carboxylic acid groups (broad SMARTS) is 1. The molecule has 4 fully saturated rings. The number of benzene rings is 4. The molecule has 92 heavy (non-hydrogen) atoms. The Bertz CT molecular complexity index is 2970. The van der Waals surface area contributed by atoms with E-state index in [-0.39, 0.29) is 108 Å². The normalized spacial score (nSPS) is 22.7. The van der Waals surface area contributed by atoms with Crippen LogP contribution in [-0.2, 0) is 83.0 Å². The van der Waals surface area contributed by atoms with Gasteiger partial charge in [0.15, 0.2) is 11.6 Å². The van der Waals surface area contributed by atoms with E-state index < -0.39 is 52.9 Å². The molecule has 0 aromatic heterocycles. The average molecular weight is 1290 g/mol. The second-order valence-electron chi connectivity index (χ2n) is 25.1. The standard InChI is InChI=1S/C35H46N2O7.C27H33NO5.C8H15NO3.F2.FH/c1-23(15-29(38)21-37-19-24(2)44-25(3)20-37)32(39)18-28(16-27-11-13-30(42-5)14-12-27)34(41)36-31(33(40)35(4)22-43-35)17-26-9-7-6-8-10-26;1-18(28)24(29)15-21(13-20-9-11-23(32-3)12-10-20)25(30)16-22(26(31)27(2)17-33-27)14-19-7-5-4-6-8-19;1-6-3-9(5-8(10)11)4-7(2)12-6;1-2;/h6-14,23-25,28,31H,15-22H2,1-5H3,(H,36,41);4-12,18,21-22H,13-17,28H2,1-3H3;6-7H,3-5H2,1-2H3,(H,10,11);;1H/t23-,24-,25+,28-,31+,35-;18-,21+,22+,27+;6-,7+;;/m10.../s1. The van der Waals surface area contributed by atoms with Gasteiger partial charge in [-0.05, 0) is 121 Å². The van der Waals surface area contributed by atoms with E-state index in [0.29, 0.717) is 57.7 Å². The Kier molecular flexibility index (Phi) is 31.6. The summed E-state index contributed by atoms with van der Waals surface area (Å²) in [6, 6.07) is 32.5. The summed E-state index contributed by atoms with van der Waals surface area (Å²) in [7, 11) is 3.18. The quantitative estimate of drug-likeness (QED) is 0.0402. The van der Waals surface area contributed by atoms with Crippen molar-refractivity contribution in [2.24, 2.45) is 29.4 Å². The number of aliphatic carboxylic acids is 1. The van der Waals surface area contributed by atoms with E-state index in [2.05, 4.69) is 10.2 Å². The van der Waals surface area contributed by atoms with Crippen LogP contribution in [-0.4, -0.2) is 176 Å². The fraction of sp³-hybridized carbons (Fsp3) is 0.543. The molecule has 1 amide bonds. The first kappa shape index (κ1) is 77.4. The van der Waals surface area contributed by atoms with E-state index in [1.54, 1.807) is 41.9 Å². The van der Waals surface area contributed by atoms with Crippen molar-refractivity contribution >= 4 is 46.6 Å². The Morgan fingerprint density at radius 2 is 0.935 bits per heavy atom. The van der Waals surface area contributed by atoms with Crippen LogP contribution in [0.1, 0.15) is 103 Å². The van der Waals surface area contributed by atoms with E-state index in [9.17, 15) is 38.4 Å². The number of carboxylic acids is 1. The Labute approximate surface area is 538 Å². The highest BCUT2D eigenvalue weighted by Crippen LogP contribution is 2.34. The topological polar surface area (TPSA) is 263 Å². The lowest BCUT2D eigenvalue weighted by Gasteiger charge is -2.34. The number of amides is 1. The van der Waals surface area contributed by atoms with E-state index in [4.69, 9.17) is 48.4 Å². The maximum Gasteiger partial charge on any atom is 0.317 e. The second kappa shape index (κ2) is 37.6. The maximum atomic E-state index is 13.9. The molecule has 4 aromatic carbocycles. The van der Waals surface area contributed by atoms with Gasteiger partial charge >= 0.3 is 5.97 Å². The number of rotatable bonds is 31. The van der Waals surface area contributed by atoms with Gasteiger partial charge in [-0.15, -0.1) is 0 Å². The third-order valence-corrected chi connectivity index (χ3v) is 16.6. The number of nitrogens with one attached hydrogen (secondary N) is 1. The SMILES string of the molecule is COc1ccc(C[C@H](CC(=O)[C@H](C)CC(=O)CN2C[C@@H](C)O[C@@H](C)C2)C(=O)N[C@@H](Cc2ccccc2)C(=O)[C@@]2(C)CO2)cc1.COc1ccc(C[C@H](CC(=O)[C@H](C)N)C(=O)C[C@@H](Cc2ccccc2)C(=O)[C@@]2(C)CO2)cc1.C[C@@H]1CN(CC(=O)O)C[C@H](C)O1.F.FF. The number of Topliss-reactive ketones (excluding diaryl/α,β-unsaturated/α-hetero) is 6. The van der Waals surface area contributed by atoms with Gasteiger partial charge in [-0.3, -0.25) is 52.9 Å². The van der Waals surface area contributed by atoms with Gasteiger partial charge in [0, 0.05) is 84.7 Å². The molecule has 506 valence electrons. The van der Waals surface area contributed by atoms with Crippen LogP contribution in [0.15, 0.2) is 109 Å². The molecule has 8 rings (SSSR count). The molecule has 19 nitrogen and oxygen atoms in total. The molecule has 4 heterocycles. The monoisotopic (exact) mass is 1290 g/mol. The number of hydrogen-bond donors (Lipinski definition) is 3. The summed E-state index contributed by atoms with van der Waals surface area (Å²) in [6.45, 7) is 18.7. The maximum absolute atomic E-state index is 13.9. The molecule has 4 aromatic rings. The third kappa shape index (κ3) is 25.8. The molecule has 12 atom stereocenters. The minimum absolute atomic E-state index is 0. The van der Waals surface area contributed by atoms with Crippen molar-refractivity contribution in [3.63, 3.8) is 0 Å². The second-order valence-corrected chi connectivity index (χ2v) is 25.1. The van der Waals surface area contributed by atoms with Crippen LogP contribution < -0.4 is 20.5 Å². The van der Waals surface area contributed by atoms with Crippen molar-refractivity contribution in [2.45, 2.75) is 154 Å². The first-order valence-corrected chi connectivity index (χ1v) is 31.2. The Hall–Kier alpha value is -7.05. The predicted molar refractivity (Wildman–Crippen MR) is 341 cm³/mol. The van der Waals surface area contributed by atoms with Crippen LogP contribution in [0.4, 0.5) is 13.9 Å². The molecule has 4 aliphatic heterocycles. The van der Waals surface area contributed by atoms with Crippen molar-refractivity contribution in [3.8, 4) is 11.5 Å². The van der Waals surface area contributed by atoms with Gasteiger partial charge in [0.1, 0.15) is 45.8 Å². The largest absolute Gasteiger partial charge is 0.497 e. The zero-order valence-corrected chi connectivity index (χ0v) is 54.8. The van der Waals surface area contributed by atoms with Gasteiger partial charge in [-0.1, -0.05) is 91.9 Å². The minimum atomic E-state index is -0.918. The number of nitrogens with two attached hydrogens (primary N) is 1. The van der Waals surface area contributed by atoms with Gasteiger partial charge < -0.3 is 44.6 Å². The van der Waals surface area contributed by atoms with E-state index in [0.717, 1.165) is 41.1 Å². The first-order chi connectivity index (χ1) is 43.2. The van der Waals surface area contributed by atoms with E-state index in [1.807, 2.05) is 142 Å². The van der Waals surface area contributed by atoms with Crippen molar-refractivity contribution in [1.29, 1.82) is 0 Å².